The van der Waals surface area contributed by atoms with Crippen LogP contribution in [0.1, 0.15) is 54.4 Å². The first kappa shape index (κ1) is 12.2. The molecule has 17 heavy (non-hydrogen) atoms. The lowest BCUT2D eigenvalue weighted by Gasteiger charge is -2.26. The van der Waals surface area contributed by atoms with E-state index in [4.69, 9.17) is 4.74 Å². The molecule has 1 fully saturated rings. The number of rotatable bonds is 2. The average Bonchev–Trinajstić information content (AvgIpc) is 2.39. The third-order valence-corrected chi connectivity index (χ3v) is 3.82. The van der Waals surface area contributed by atoms with Gasteiger partial charge in [-0.25, -0.2) is 4.79 Å². The first-order valence-corrected chi connectivity index (χ1v) is 6.39. The molecule has 0 heterocycles. The van der Waals surface area contributed by atoms with Crippen LogP contribution in [0.25, 0.3) is 0 Å². The SMILES string of the molecule is COC(=O)c1ccc(C2CCC(C)CC2)cc1. The second-order valence-corrected chi connectivity index (χ2v) is 5.07. The molecule has 0 radical (unpaired) electrons. The molecule has 2 nitrogen and oxygen atoms in total. The number of methoxy groups -OCH3 is 1. The fourth-order valence-corrected chi connectivity index (χ4v) is 2.60. The highest BCUT2D eigenvalue weighted by molar-refractivity contribution is 5.89. The van der Waals surface area contributed by atoms with E-state index in [1.807, 2.05) is 12.1 Å². The molecule has 1 aliphatic rings. The van der Waals surface area contributed by atoms with E-state index in [-0.39, 0.29) is 5.97 Å². The van der Waals surface area contributed by atoms with Gasteiger partial charge in [0.15, 0.2) is 0 Å². The van der Waals surface area contributed by atoms with Gasteiger partial charge in [0.25, 0.3) is 0 Å². The molecule has 0 aromatic heterocycles. The number of esters is 1. The third kappa shape index (κ3) is 2.87. The molecule has 0 bridgehead atoms. The Morgan fingerprint density at radius 1 is 1.12 bits per heavy atom. The molecule has 0 spiro atoms. The Morgan fingerprint density at radius 2 is 1.71 bits per heavy atom. The fourth-order valence-electron chi connectivity index (χ4n) is 2.60. The summed E-state index contributed by atoms with van der Waals surface area (Å²) in [5.41, 5.74) is 2.00. The van der Waals surface area contributed by atoms with Crippen molar-refractivity contribution in [3.8, 4) is 0 Å². The van der Waals surface area contributed by atoms with Gasteiger partial charge in [-0.2, -0.15) is 0 Å². The highest BCUT2D eigenvalue weighted by Crippen LogP contribution is 2.35. The molecule has 0 unspecified atom stereocenters. The maximum Gasteiger partial charge on any atom is 0.337 e. The third-order valence-electron chi connectivity index (χ3n) is 3.82. The van der Waals surface area contributed by atoms with Crippen molar-refractivity contribution >= 4 is 5.97 Å². The van der Waals surface area contributed by atoms with Crippen LogP contribution < -0.4 is 0 Å². The van der Waals surface area contributed by atoms with Crippen LogP contribution >= 0.6 is 0 Å². The molecule has 1 aromatic rings. The lowest BCUT2D eigenvalue weighted by Crippen LogP contribution is -2.11. The van der Waals surface area contributed by atoms with Crippen LogP contribution in [0, 0.1) is 5.92 Å². The number of ether oxygens (including phenoxy) is 1. The van der Waals surface area contributed by atoms with Gasteiger partial charge in [-0.3, -0.25) is 0 Å². The zero-order chi connectivity index (χ0) is 12.3. The van der Waals surface area contributed by atoms with Gasteiger partial charge < -0.3 is 4.74 Å². The van der Waals surface area contributed by atoms with Crippen molar-refractivity contribution in [2.24, 2.45) is 5.92 Å². The lowest BCUT2D eigenvalue weighted by atomic mass is 9.79. The summed E-state index contributed by atoms with van der Waals surface area (Å²) in [6, 6.07) is 7.90. The Morgan fingerprint density at radius 3 is 2.24 bits per heavy atom. The van der Waals surface area contributed by atoms with Crippen molar-refractivity contribution < 1.29 is 9.53 Å². The van der Waals surface area contributed by atoms with Crippen LogP contribution in [0.2, 0.25) is 0 Å². The summed E-state index contributed by atoms with van der Waals surface area (Å²) in [5, 5.41) is 0. The number of carbonyl (C=O) groups is 1. The van der Waals surface area contributed by atoms with Crippen molar-refractivity contribution in [2.45, 2.75) is 38.5 Å². The number of carbonyl (C=O) groups excluding carboxylic acids is 1. The maximum atomic E-state index is 11.3. The molecule has 0 N–H and O–H groups in total. The number of benzene rings is 1. The normalized spacial score (nSPS) is 24.4. The van der Waals surface area contributed by atoms with Crippen LogP contribution in [-0.4, -0.2) is 13.1 Å². The van der Waals surface area contributed by atoms with E-state index in [0.717, 1.165) is 5.92 Å². The summed E-state index contributed by atoms with van der Waals surface area (Å²) < 4.78 is 4.70. The first-order valence-electron chi connectivity index (χ1n) is 6.39. The summed E-state index contributed by atoms with van der Waals surface area (Å²) in [5.74, 6) is 1.30. The van der Waals surface area contributed by atoms with Crippen molar-refractivity contribution in [2.75, 3.05) is 7.11 Å². The van der Waals surface area contributed by atoms with Crippen LogP contribution in [0.15, 0.2) is 24.3 Å². The van der Waals surface area contributed by atoms with Gasteiger partial charge in [0, 0.05) is 0 Å². The van der Waals surface area contributed by atoms with Gasteiger partial charge in [-0.1, -0.05) is 31.9 Å². The quantitative estimate of drug-likeness (QED) is 0.725. The number of hydrogen-bond donors (Lipinski definition) is 0. The molecular weight excluding hydrogens is 212 g/mol. The predicted octanol–water partition coefficient (Wildman–Crippen LogP) is 3.77. The van der Waals surface area contributed by atoms with E-state index < -0.39 is 0 Å². The Labute approximate surface area is 103 Å². The molecule has 2 heteroatoms. The van der Waals surface area contributed by atoms with Crippen LogP contribution in [0.5, 0.6) is 0 Å². The molecule has 92 valence electrons. The summed E-state index contributed by atoms with van der Waals surface area (Å²) in [7, 11) is 1.42. The standard InChI is InChI=1S/C15H20O2/c1-11-3-5-12(6-4-11)13-7-9-14(10-8-13)15(16)17-2/h7-12H,3-6H2,1-2H3. The van der Waals surface area contributed by atoms with Crippen LogP contribution in [-0.2, 0) is 4.74 Å². The van der Waals surface area contributed by atoms with E-state index in [1.54, 1.807) is 0 Å². The average molecular weight is 232 g/mol. The molecule has 1 aromatic carbocycles. The molecule has 0 atom stereocenters. The highest BCUT2D eigenvalue weighted by Gasteiger charge is 2.19. The lowest BCUT2D eigenvalue weighted by molar-refractivity contribution is 0.0600. The first-order chi connectivity index (χ1) is 8.20. The van der Waals surface area contributed by atoms with E-state index in [1.165, 1.54) is 38.4 Å². The largest absolute Gasteiger partial charge is 0.465 e. The number of hydrogen-bond acceptors (Lipinski definition) is 2. The van der Waals surface area contributed by atoms with Crippen molar-refractivity contribution in [3.05, 3.63) is 35.4 Å². The minimum atomic E-state index is -0.256. The molecule has 0 amide bonds. The minimum absolute atomic E-state index is 0.256. The smallest absolute Gasteiger partial charge is 0.337 e. The van der Waals surface area contributed by atoms with E-state index in [2.05, 4.69) is 19.1 Å². The molecule has 1 aliphatic carbocycles. The van der Waals surface area contributed by atoms with E-state index in [9.17, 15) is 4.79 Å². The Hall–Kier alpha value is -1.31. The Balaban J connectivity index is 2.05. The van der Waals surface area contributed by atoms with Gasteiger partial charge in [0.2, 0.25) is 0 Å². The van der Waals surface area contributed by atoms with E-state index in [0.29, 0.717) is 11.5 Å². The minimum Gasteiger partial charge on any atom is -0.465 e. The van der Waals surface area contributed by atoms with Gasteiger partial charge >= 0.3 is 5.97 Å². The Kier molecular flexibility index (Phi) is 3.82. The molecule has 0 aliphatic heterocycles. The molecule has 1 saturated carbocycles. The molecule has 0 saturated heterocycles. The summed E-state index contributed by atoms with van der Waals surface area (Å²) in [6.45, 7) is 2.33. The maximum absolute atomic E-state index is 11.3. The summed E-state index contributed by atoms with van der Waals surface area (Å²) in [4.78, 5) is 11.3. The summed E-state index contributed by atoms with van der Waals surface area (Å²) >= 11 is 0. The van der Waals surface area contributed by atoms with Gasteiger partial charge in [-0.15, -0.1) is 0 Å². The fraction of sp³-hybridized carbons (Fsp3) is 0.533. The second-order valence-electron chi connectivity index (χ2n) is 5.07. The zero-order valence-corrected chi connectivity index (χ0v) is 10.6. The van der Waals surface area contributed by atoms with Gasteiger partial charge in [0.05, 0.1) is 12.7 Å². The van der Waals surface area contributed by atoms with E-state index >= 15 is 0 Å². The zero-order valence-electron chi connectivity index (χ0n) is 10.6. The molecule has 2 rings (SSSR count). The van der Waals surface area contributed by atoms with Crippen LogP contribution in [0.4, 0.5) is 0 Å². The Bertz CT molecular complexity index is 372. The topological polar surface area (TPSA) is 26.3 Å². The van der Waals surface area contributed by atoms with Crippen LogP contribution in [0.3, 0.4) is 0 Å². The summed E-state index contributed by atoms with van der Waals surface area (Å²) in [6.07, 6.45) is 5.20. The second kappa shape index (κ2) is 5.35. The van der Waals surface area contributed by atoms with Gasteiger partial charge in [0.1, 0.15) is 0 Å². The monoisotopic (exact) mass is 232 g/mol. The van der Waals surface area contributed by atoms with Gasteiger partial charge in [-0.05, 0) is 42.4 Å². The predicted molar refractivity (Wildman–Crippen MR) is 68.2 cm³/mol. The van der Waals surface area contributed by atoms with Crippen molar-refractivity contribution in [1.82, 2.24) is 0 Å². The van der Waals surface area contributed by atoms with Crippen molar-refractivity contribution in [1.29, 1.82) is 0 Å². The van der Waals surface area contributed by atoms with Crippen molar-refractivity contribution in [3.63, 3.8) is 0 Å². The molecular formula is C15H20O2. The highest BCUT2D eigenvalue weighted by atomic mass is 16.5.